The summed E-state index contributed by atoms with van der Waals surface area (Å²) in [5.41, 5.74) is 0.479. The van der Waals surface area contributed by atoms with Gasteiger partial charge in [-0.1, -0.05) is 27.2 Å². The zero-order chi connectivity index (χ0) is 13.9. The van der Waals surface area contributed by atoms with Crippen LogP contribution in [0.2, 0.25) is 0 Å². The van der Waals surface area contributed by atoms with Gasteiger partial charge in [0, 0.05) is 12.5 Å². The van der Waals surface area contributed by atoms with Gasteiger partial charge in [0.2, 0.25) is 0 Å². The van der Waals surface area contributed by atoms with Crippen molar-refractivity contribution in [3.63, 3.8) is 0 Å². The molecule has 19 heavy (non-hydrogen) atoms. The van der Waals surface area contributed by atoms with Crippen LogP contribution in [-0.2, 0) is 4.74 Å². The van der Waals surface area contributed by atoms with Gasteiger partial charge in [0.1, 0.15) is 0 Å². The summed E-state index contributed by atoms with van der Waals surface area (Å²) in [5.74, 6) is 3.37. The fraction of sp³-hybridized carbons (Fsp3) is 0.941. The van der Waals surface area contributed by atoms with E-state index in [1.165, 1.54) is 44.9 Å². The molecule has 0 saturated heterocycles. The summed E-state index contributed by atoms with van der Waals surface area (Å²) >= 11 is 0. The molecule has 110 valence electrons. The van der Waals surface area contributed by atoms with Gasteiger partial charge in [0.05, 0.1) is 7.11 Å². The number of ether oxygens (including phenoxy) is 1. The molecule has 0 amide bonds. The summed E-state index contributed by atoms with van der Waals surface area (Å²) < 4.78 is 5.58. The van der Waals surface area contributed by atoms with Crippen LogP contribution >= 0.6 is 0 Å². The summed E-state index contributed by atoms with van der Waals surface area (Å²) in [5, 5.41) is 0. The van der Waals surface area contributed by atoms with E-state index in [2.05, 4.69) is 25.8 Å². The molecular weight excluding hydrogens is 234 g/mol. The smallest absolute Gasteiger partial charge is 0.186 e. The molecule has 2 aliphatic rings. The Balaban J connectivity index is 1.96. The van der Waals surface area contributed by atoms with Crippen LogP contribution < -0.4 is 0 Å². The van der Waals surface area contributed by atoms with Crippen LogP contribution in [0.4, 0.5) is 0 Å². The molecule has 1 aliphatic heterocycles. The number of methoxy groups -OCH3 is 1. The lowest BCUT2D eigenvalue weighted by molar-refractivity contribution is 0.130. The second-order valence-corrected chi connectivity index (χ2v) is 7.50. The normalized spacial score (nSPS) is 33.5. The van der Waals surface area contributed by atoms with E-state index in [0.717, 1.165) is 24.3 Å². The fourth-order valence-electron chi connectivity index (χ4n) is 3.95. The molecule has 2 nitrogen and oxygen atoms in total. The predicted octanol–water partition coefficient (Wildman–Crippen LogP) is 4.68. The SMILES string of the molecule is COC1=NCCCCC1C1CCC(C(C)(C)C)CC1. The number of hydrogen-bond acceptors (Lipinski definition) is 2. The average molecular weight is 265 g/mol. The maximum Gasteiger partial charge on any atom is 0.186 e. The van der Waals surface area contributed by atoms with Crippen molar-refractivity contribution >= 4 is 5.90 Å². The van der Waals surface area contributed by atoms with Gasteiger partial charge in [-0.3, -0.25) is 4.99 Å². The first kappa shape index (κ1) is 14.9. The van der Waals surface area contributed by atoms with Crippen LogP contribution in [0, 0.1) is 23.2 Å². The van der Waals surface area contributed by atoms with E-state index >= 15 is 0 Å². The highest BCUT2D eigenvalue weighted by atomic mass is 16.5. The van der Waals surface area contributed by atoms with Crippen molar-refractivity contribution < 1.29 is 4.74 Å². The summed E-state index contributed by atoms with van der Waals surface area (Å²) in [7, 11) is 1.80. The minimum atomic E-state index is 0.479. The van der Waals surface area contributed by atoms with E-state index in [1.54, 1.807) is 7.11 Å². The van der Waals surface area contributed by atoms with Gasteiger partial charge in [0.25, 0.3) is 0 Å². The van der Waals surface area contributed by atoms with Crippen molar-refractivity contribution in [3.05, 3.63) is 0 Å². The highest BCUT2D eigenvalue weighted by Crippen LogP contribution is 2.43. The summed E-state index contributed by atoms with van der Waals surface area (Å²) in [6.07, 6.45) is 9.37. The molecule has 1 atom stereocenters. The standard InChI is InChI=1S/C17H31NO/c1-17(2,3)14-10-8-13(9-11-14)15-7-5-6-12-18-16(15)19-4/h13-15H,5-12H2,1-4H3. The molecule has 0 aromatic rings. The molecule has 0 radical (unpaired) electrons. The first-order valence-electron chi connectivity index (χ1n) is 8.10. The Morgan fingerprint density at radius 1 is 1.00 bits per heavy atom. The molecule has 1 unspecified atom stereocenters. The van der Waals surface area contributed by atoms with Crippen LogP contribution in [0.5, 0.6) is 0 Å². The fourth-order valence-corrected chi connectivity index (χ4v) is 3.95. The van der Waals surface area contributed by atoms with Crippen LogP contribution in [-0.4, -0.2) is 19.6 Å². The van der Waals surface area contributed by atoms with Gasteiger partial charge in [-0.05, 0) is 55.8 Å². The number of rotatable bonds is 1. The second kappa shape index (κ2) is 6.28. The third kappa shape index (κ3) is 3.73. The van der Waals surface area contributed by atoms with Gasteiger partial charge in [-0.2, -0.15) is 0 Å². The van der Waals surface area contributed by atoms with Crippen molar-refractivity contribution in [1.29, 1.82) is 0 Å². The van der Waals surface area contributed by atoms with Gasteiger partial charge in [0.15, 0.2) is 5.90 Å². The lowest BCUT2D eigenvalue weighted by atomic mass is 9.67. The average Bonchev–Trinajstić information content (AvgIpc) is 2.62. The highest BCUT2D eigenvalue weighted by molar-refractivity contribution is 5.79. The molecule has 2 heteroatoms. The number of aliphatic imine (C=N–C) groups is 1. The molecule has 1 aliphatic carbocycles. The van der Waals surface area contributed by atoms with E-state index in [0.29, 0.717) is 11.3 Å². The van der Waals surface area contributed by atoms with Crippen molar-refractivity contribution in [2.75, 3.05) is 13.7 Å². The Hall–Kier alpha value is -0.530. The second-order valence-electron chi connectivity index (χ2n) is 7.50. The molecule has 0 aromatic heterocycles. The lowest BCUT2D eigenvalue weighted by Gasteiger charge is -2.39. The predicted molar refractivity (Wildman–Crippen MR) is 81.6 cm³/mol. The van der Waals surface area contributed by atoms with Crippen LogP contribution in [0.3, 0.4) is 0 Å². The van der Waals surface area contributed by atoms with E-state index in [-0.39, 0.29) is 0 Å². The quantitative estimate of drug-likeness (QED) is 0.674. The van der Waals surface area contributed by atoms with Gasteiger partial charge in [-0.25, -0.2) is 0 Å². The van der Waals surface area contributed by atoms with E-state index in [4.69, 9.17) is 4.74 Å². The molecule has 1 saturated carbocycles. The summed E-state index contributed by atoms with van der Waals surface area (Å²) in [6, 6.07) is 0. The van der Waals surface area contributed by atoms with Gasteiger partial charge in [-0.15, -0.1) is 0 Å². The molecule has 0 aromatic carbocycles. The molecule has 1 heterocycles. The summed E-state index contributed by atoms with van der Waals surface area (Å²) in [6.45, 7) is 8.15. The Morgan fingerprint density at radius 2 is 1.68 bits per heavy atom. The third-order valence-electron chi connectivity index (χ3n) is 5.28. The van der Waals surface area contributed by atoms with Gasteiger partial charge >= 0.3 is 0 Å². The van der Waals surface area contributed by atoms with Crippen molar-refractivity contribution in [3.8, 4) is 0 Å². The zero-order valence-corrected chi connectivity index (χ0v) is 13.2. The maximum absolute atomic E-state index is 5.58. The minimum Gasteiger partial charge on any atom is -0.484 e. The minimum absolute atomic E-state index is 0.479. The van der Waals surface area contributed by atoms with Gasteiger partial charge < -0.3 is 4.74 Å². The zero-order valence-electron chi connectivity index (χ0n) is 13.2. The van der Waals surface area contributed by atoms with Crippen LogP contribution in [0.15, 0.2) is 4.99 Å². The number of nitrogens with zero attached hydrogens (tertiary/aromatic N) is 1. The topological polar surface area (TPSA) is 21.6 Å². The van der Waals surface area contributed by atoms with E-state index in [1.807, 2.05) is 0 Å². The lowest BCUT2D eigenvalue weighted by Crippen LogP contribution is -2.32. The Kier molecular flexibility index (Phi) is 4.92. The largest absolute Gasteiger partial charge is 0.484 e. The molecule has 2 rings (SSSR count). The Bertz CT molecular complexity index is 308. The third-order valence-corrected chi connectivity index (χ3v) is 5.28. The monoisotopic (exact) mass is 265 g/mol. The van der Waals surface area contributed by atoms with E-state index in [9.17, 15) is 0 Å². The van der Waals surface area contributed by atoms with Crippen molar-refractivity contribution in [2.45, 2.75) is 65.7 Å². The molecule has 0 spiro atoms. The molecular formula is C17H31NO. The number of hydrogen-bond donors (Lipinski definition) is 0. The van der Waals surface area contributed by atoms with Crippen molar-refractivity contribution in [1.82, 2.24) is 0 Å². The first-order valence-corrected chi connectivity index (χ1v) is 8.10. The maximum atomic E-state index is 5.58. The van der Waals surface area contributed by atoms with E-state index < -0.39 is 0 Å². The highest BCUT2D eigenvalue weighted by Gasteiger charge is 2.35. The molecule has 1 fully saturated rings. The van der Waals surface area contributed by atoms with Crippen LogP contribution in [0.25, 0.3) is 0 Å². The molecule has 0 bridgehead atoms. The van der Waals surface area contributed by atoms with Crippen molar-refractivity contribution in [2.24, 2.45) is 28.2 Å². The Labute approximate surface area is 119 Å². The van der Waals surface area contributed by atoms with Crippen LogP contribution in [0.1, 0.15) is 65.7 Å². The Morgan fingerprint density at radius 3 is 2.26 bits per heavy atom. The first-order chi connectivity index (χ1) is 9.02. The molecule has 0 N–H and O–H groups in total. The summed E-state index contributed by atoms with van der Waals surface area (Å²) in [4.78, 5) is 4.66.